The summed E-state index contributed by atoms with van der Waals surface area (Å²) in [6.45, 7) is 6.37. The molecule has 0 aromatic carbocycles. The molecular formula is C17H29N3O4. The maximum atomic E-state index is 12.5. The summed E-state index contributed by atoms with van der Waals surface area (Å²) in [4.78, 5) is 39.9. The molecular weight excluding hydrogens is 310 g/mol. The van der Waals surface area contributed by atoms with Gasteiger partial charge in [-0.15, -0.1) is 0 Å². The molecule has 7 nitrogen and oxygen atoms in total. The minimum atomic E-state index is -1.00. The molecule has 0 saturated carbocycles. The SMILES string of the molecule is CC[C@H](C)[C@H](NC(=O)C1CCCN(C(=O)N2CCCC2)C1)C(=O)O. The molecule has 2 aliphatic heterocycles. The third-order valence-corrected chi connectivity index (χ3v) is 5.22. The van der Waals surface area contributed by atoms with E-state index in [9.17, 15) is 19.5 Å². The Hall–Kier alpha value is -1.79. The minimum absolute atomic E-state index is 0.0155. The maximum Gasteiger partial charge on any atom is 0.326 e. The molecule has 2 saturated heterocycles. The number of rotatable bonds is 5. The van der Waals surface area contributed by atoms with E-state index in [1.165, 1.54) is 0 Å². The van der Waals surface area contributed by atoms with Crippen LogP contribution in [0, 0.1) is 11.8 Å². The quantitative estimate of drug-likeness (QED) is 0.795. The van der Waals surface area contributed by atoms with Crippen LogP contribution in [-0.2, 0) is 9.59 Å². The highest BCUT2D eigenvalue weighted by Gasteiger charge is 2.34. The number of urea groups is 1. The maximum absolute atomic E-state index is 12.5. The summed E-state index contributed by atoms with van der Waals surface area (Å²) in [5.41, 5.74) is 0. The minimum Gasteiger partial charge on any atom is -0.480 e. The lowest BCUT2D eigenvalue weighted by Crippen LogP contribution is -2.52. The van der Waals surface area contributed by atoms with Crippen molar-refractivity contribution in [3.63, 3.8) is 0 Å². The molecule has 0 aliphatic carbocycles. The number of piperidine rings is 1. The van der Waals surface area contributed by atoms with Gasteiger partial charge in [-0.2, -0.15) is 0 Å². The van der Waals surface area contributed by atoms with Gasteiger partial charge in [0.15, 0.2) is 0 Å². The van der Waals surface area contributed by atoms with Crippen LogP contribution in [0.25, 0.3) is 0 Å². The Balaban J connectivity index is 1.94. The molecule has 24 heavy (non-hydrogen) atoms. The summed E-state index contributed by atoms with van der Waals surface area (Å²) in [6.07, 6.45) is 4.24. The van der Waals surface area contributed by atoms with Crippen molar-refractivity contribution in [3.05, 3.63) is 0 Å². The molecule has 2 rings (SSSR count). The normalized spacial score (nSPS) is 23.7. The lowest BCUT2D eigenvalue weighted by Gasteiger charge is -2.35. The molecule has 1 unspecified atom stereocenters. The zero-order chi connectivity index (χ0) is 17.7. The molecule has 2 aliphatic rings. The van der Waals surface area contributed by atoms with Gasteiger partial charge < -0.3 is 20.2 Å². The highest BCUT2D eigenvalue weighted by Crippen LogP contribution is 2.20. The summed E-state index contributed by atoms with van der Waals surface area (Å²) >= 11 is 0. The Labute approximate surface area is 143 Å². The Morgan fingerprint density at radius 1 is 1.12 bits per heavy atom. The number of carbonyl (C=O) groups is 3. The van der Waals surface area contributed by atoms with Gasteiger partial charge in [-0.3, -0.25) is 4.79 Å². The van der Waals surface area contributed by atoms with Crippen LogP contribution in [0.4, 0.5) is 4.79 Å². The first-order chi connectivity index (χ1) is 11.4. The second-order valence-electron chi connectivity index (χ2n) is 6.97. The number of carboxylic acid groups (broad SMARTS) is 1. The predicted molar refractivity (Wildman–Crippen MR) is 89.5 cm³/mol. The van der Waals surface area contributed by atoms with Crippen molar-refractivity contribution >= 4 is 17.9 Å². The van der Waals surface area contributed by atoms with Gasteiger partial charge in [0.1, 0.15) is 6.04 Å². The standard InChI is InChI=1S/C17H29N3O4/c1-3-12(2)14(16(22)23)18-15(21)13-7-6-10-20(11-13)17(24)19-8-4-5-9-19/h12-14H,3-11H2,1-2H3,(H,18,21)(H,22,23)/t12-,13?,14-/m0/s1. The smallest absolute Gasteiger partial charge is 0.326 e. The lowest BCUT2D eigenvalue weighted by molar-refractivity contribution is -0.144. The largest absolute Gasteiger partial charge is 0.480 e. The first-order valence-electron chi connectivity index (χ1n) is 9.01. The fourth-order valence-electron chi connectivity index (χ4n) is 3.43. The van der Waals surface area contributed by atoms with Crippen LogP contribution in [-0.4, -0.2) is 65.0 Å². The van der Waals surface area contributed by atoms with Crippen LogP contribution < -0.4 is 5.32 Å². The van der Waals surface area contributed by atoms with E-state index in [2.05, 4.69) is 5.32 Å². The number of likely N-dealkylation sites (tertiary alicyclic amines) is 2. The van der Waals surface area contributed by atoms with Crippen molar-refractivity contribution in [2.45, 2.75) is 52.0 Å². The fourth-order valence-corrected chi connectivity index (χ4v) is 3.43. The molecule has 3 amide bonds. The summed E-state index contributed by atoms with van der Waals surface area (Å²) in [6, 6.07) is -0.853. The zero-order valence-corrected chi connectivity index (χ0v) is 14.7. The molecule has 0 aromatic heterocycles. The van der Waals surface area contributed by atoms with Gasteiger partial charge in [0.25, 0.3) is 0 Å². The van der Waals surface area contributed by atoms with Crippen molar-refractivity contribution in [2.75, 3.05) is 26.2 Å². The Kier molecular flexibility index (Phi) is 6.45. The van der Waals surface area contributed by atoms with Crippen molar-refractivity contribution in [1.82, 2.24) is 15.1 Å². The molecule has 2 N–H and O–H groups in total. The van der Waals surface area contributed by atoms with Gasteiger partial charge in [0, 0.05) is 26.2 Å². The number of carbonyl (C=O) groups excluding carboxylic acids is 2. The van der Waals surface area contributed by atoms with Crippen LogP contribution >= 0.6 is 0 Å². The monoisotopic (exact) mass is 339 g/mol. The number of aliphatic carboxylic acids is 1. The van der Waals surface area contributed by atoms with Crippen LogP contribution in [0.15, 0.2) is 0 Å². The van der Waals surface area contributed by atoms with Gasteiger partial charge in [-0.25, -0.2) is 9.59 Å². The topological polar surface area (TPSA) is 90.0 Å². The summed E-state index contributed by atoms with van der Waals surface area (Å²) in [5, 5.41) is 12.0. The molecule has 3 atom stereocenters. The number of amides is 3. The number of hydrogen-bond donors (Lipinski definition) is 2. The predicted octanol–water partition coefficient (Wildman–Crippen LogP) is 1.53. The van der Waals surface area contributed by atoms with E-state index < -0.39 is 12.0 Å². The van der Waals surface area contributed by atoms with Crippen molar-refractivity contribution in [2.24, 2.45) is 11.8 Å². The van der Waals surface area contributed by atoms with E-state index in [-0.39, 0.29) is 23.8 Å². The number of nitrogens with zero attached hydrogens (tertiary/aromatic N) is 2. The number of nitrogens with one attached hydrogen (secondary N) is 1. The molecule has 2 heterocycles. The summed E-state index contributed by atoms with van der Waals surface area (Å²) in [7, 11) is 0. The molecule has 0 aromatic rings. The number of carboxylic acids is 1. The van der Waals surface area contributed by atoms with Crippen LogP contribution in [0.5, 0.6) is 0 Å². The Bertz CT molecular complexity index is 476. The molecule has 0 radical (unpaired) electrons. The molecule has 7 heteroatoms. The molecule has 2 fully saturated rings. The van der Waals surface area contributed by atoms with E-state index >= 15 is 0 Å². The average molecular weight is 339 g/mol. The van der Waals surface area contributed by atoms with Gasteiger partial charge in [0.2, 0.25) is 5.91 Å². The fraction of sp³-hybridized carbons (Fsp3) is 0.824. The molecule has 0 bridgehead atoms. The van der Waals surface area contributed by atoms with E-state index in [1.807, 2.05) is 18.7 Å². The molecule has 0 spiro atoms. The van der Waals surface area contributed by atoms with E-state index in [1.54, 1.807) is 4.90 Å². The van der Waals surface area contributed by atoms with Crippen LogP contribution in [0.3, 0.4) is 0 Å². The van der Waals surface area contributed by atoms with Crippen LogP contribution in [0.2, 0.25) is 0 Å². The first kappa shape index (κ1) is 18.5. The highest BCUT2D eigenvalue weighted by atomic mass is 16.4. The van der Waals surface area contributed by atoms with E-state index in [0.29, 0.717) is 25.9 Å². The van der Waals surface area contributed by atoms with Crippen LogP contribution in [0.1, 0.15) is 46.0 Å². The van der Waals surface area contributed by atoms with E-state index in [4.69, 9.17) is 0 Å². The van der Waals surface area contributed by atoms with Gasteiger partial charge in [-0.05, 0) is 31.6 Å². The zero-order valence-electron chi connectivity index (χ0n) is 14.7. The lowest BCUT2D eigenvalue weighted by atomic mass is 9.94. The molecule has 136 valence electrons. The first-order valence-corrected chi connectivity index (χ1v) is 9.01. The Morgan fingerprint density at radius 3 is 2.33 bits per heavy atom. The van der Waals surface area contributed by atoms with Crippen molar-refractivity contribution < 1.29 is 19.5 Å². The van der Waals surface area contributed by atoms with Gasteiger partial charge in [-0.1, -0.05) is 20.3 Å². The van der Waals surface area contributed by atoms with E-state index in [0.717, 1.165) is 32.4 Å². The van der Waals surface area contributed by atoms with Crippen molar-refractivity contribution in [3.8, 4) is 0 Å². The second kappa shape index (κ2) is 8.35. The summed E-state index contributed by atoms with van der Waals surface area (Å²) < 4.78 is 0. The highest BCUT2D eigenvalue weighted by molar-refractivity contribution is 5.86. The third kappa shape index (κ3) is 4.39. The third-order valence-electron chi connectivity index (χ3n) is 5.22. The number of hydrogen-bond acceptors (Lipinski definition) is 3. The Morgan fingerprint density at radius 2 is 1.75 bits per heavy atom. The second-order valence-corrected chi connectivity index (χ2v) is 6.97. The van der Waals surface area contributed by atoms with Gasteiger partial charge >= 0.3 is 12.0 Å². The van der Waals surface area contributed by atoms with Gasteiger partial charge in [0.05, 0.1) is 5.92 Å². The summed E-state index contributed by atoms with van der Waals surface area (Å²) in [5.74, 6) is -1.70. The average Bonchev–Trinajstić information content (AvgIpc) is 3.12. The van der Waals surface area contributed by atoms with Crippen molar-refractivity contribution in [1.29, 1.82) is 0 Å².